The average molecular weight is 249 g/mol. The van der Waals surface area contributed by atoms with Crippen molar-refractivity contribution in [3.8, 4) is 0 Å². The van der Waals surface area contributed by atoms with E-state index in [1.807, 2.05) is 6.92 Å². The fourth-order valence-electron chi connectivity index (χ4n) is 0.931. The van der Waals surface area contributed by atoms with Gasteiger partial charge in [0.05, 0.1) is 6.61 Å². The minimum absolute atomic E-state index is 0.0333. The number of rotatable bonds is 4. The fourth-order valence-corrected chi connectivity index (χ4v) is 2.79. The molecule has 0 bridgehead atoms. The van der Waals surface area contributed by atoms with E-state index in [9.17, 15) is 13.2 Å². The van der Waals surface area contributed by atoms with Crippen LogP contribution in [0.15, 0.2) is 16.3 Å². The van der Waals surface area contributed by atoms with Crippen molar-refractivity contribution in [2.24, 2.45) is 5.14 Å². The van der Waals surface area contributed by atoms with E-state index in [1.165, 1.54) is 11.4 Å². The molecule has 1 rings (SSSR count). The highest BCUT2D eigenvalue weighted by molar-refractivity contribution is 7.89. The number of thiophene rings is 1. The van der Waals surface area contributed by atoms with E-state index in [2.05, 4.69) is 0 Å². The molecule has 2 N–H and O–H groups in total. The molecule has 5 nitrogen and oxygen atoms in total. The third kappa shape index (κ3) is 3.01. The molecule has 0 fully saturated rings. The van der Waals surface area contributed by atoms with E-state index in [0.717, 1.165) is 11.3 Å². The Balaban J connectivity index is 2.96. The first-order valence-corrected chi connectivity index (χ1v) is 6.66. The van der Waals surface area contributed by atoms with Crippen molar-refractivity contribution < 1.29 is 17.9 Å². The molecule has 0 saturated heterocycles. The van der Waals surface area contributed by atoms with Gasteiger partial charge in [-0.05, 0) is 17.9 Å². The lowest BCUT2D eigenvalue weighted by Crippen LogP contribution is -2.16. The molecule has 7 heteroatoms. The van der Waals surface area contributed by atoms with Crippen LogP contribution < -0.4 is 5.14 Å². The van der Waals surface area contributed by atoms with Crippen molar-refractivity contribution in [3.05, 3.63) is 16.3 Å². The second-order valence-corrected chi connectivity index (χ2v) is 5.24. The van der Waals surface area contributed by atoms with Crippen LogP contribution in [-0.2, 0) is 14.8 Å². The summed E-state index contributed by atoms with van der Waals surface area (Å²) in [5, 5.41) is 6.43. The van der Waals surface area contributed by atoms with Gasteiger partial charge in [0.15, 0.2) is 0 Å². The molecule has 15 heavy (non-hydrogen) atoms. The number of ether oxygens (including phenoxy) is 1. The van der Waals surface area contributed by atoms with Gasteiger partial charge in [0.1, 0.15) is 9.77 Å². The van der Waals surface area contributed by atoms with Gasteiger partial charge < -0.3 is 4.74 Å². The maximum absolute atomic E-state index is 11.4. The molecule has 1 heterocycles. The Hall–Kier alpha value is -0.920. The van der Waals surface area contributed by atoms with Crippen LogP contribution in [0.4, 0.5) is 0 Å². The highest BCUT2D eigenvalue weighted by Crippen LogP contribution is 2.21. The second-order valence-electron chi connectivity index (χ2n) is 2.79. The van der Waals surface area contributed by atoms with Gasteiger partial charge in [0.25, 0.3) is 0 Å². The van der Waals surface area contributed by atoms with Gasteiger partial charge in [-0.2, -0.15) is 0 Å². The molecule has 0 atom stereocenters. The first-order chi connectivity index (χ1) is 6.96. The SMILES string of the molecule is CCCOC(=O)c1sccc1S(N)(=O)=O. The van der Waals surface area contributed by atoms with Crippen LogP contribution in [0.3, 0.4) is 0 Å². The number of carbonyl (C=O) groups excluding carboxylic acids is 1. The summed E-state index contributed by atoms with van der Waals surface area (Å²) in [6.45, 7) is 2.11. The lowest BCUT2D eigenvalue weighted by atomic mass is 10.4. The molecule has 1 aromatic rings. The zero-order chi connectivity index (χ0) is 11.5. The minimum Gasteiger partial charge on any atom is -0.461 e. The summed E-state index contributed by atoms with van der Waals surface area (Å²) in [6.07, 6.45) is 0.682. The summed E-state index contributed by atoms with van der Waals surface area (Å²) >= 11 is 1.00. The van der Waals surface area contributed by atoms with Gasteiger partial charge in [-0.15, -0.1) is 11.3 Å². The van der Waals surface area contributed by atoms with Crippen molar-refractivity contribution in [2.75, 3.05) is 6.61 Å². The molecule has 0 unspecified atom stereocenters. The molecule has 1 aromatic heterocycles. The monoisotopic (exact) mass is 249 g/mol. The maximum Gasteiger partial charge on any atom is 0.349 e. The van der Waals surface area contributed by atoms with E-state index in [-0.39, 0.29) is 16.4 Å². The van der Waals surface area contributed by atoms with Crippen molar-refractivity contribution >= 4 is 27.3 Å². The van der Waals surface area contributed by atoms with E-state index in [4.69, 9.17) is 9.88 Å². The molecular weight excluding hydrogens is 238 g/mol. The maximum atomic E-state index is 11.4. The Bertz CT molecular complexity index is 449. The summed E-state index contributed by atoms with van der Waals surface area (Å²) in [6, 6.07) is 1.29. The van der Waals surface area contributed by atoms with Crippen LogP contribution in [0, 0.1) is 0 Å². The number of esters is 1. The van der Waals surface area contributed by atoms with Crippen LogP contribution in [0.1, 0.15) is 23.0 Å². The summed E-state index contributed by atoms with van der Waals surface area (Å²) in [5.41, 5.74) is 0. The second kappa shape index (κ2) is 4.73. The Kier molecular flexibility index (Phi) is 3.83. The largest absolute Gasteiger partial charge is 0.461 e. The van der Waals surface area contributed by atoms with Gasteiger partial charge in [0.2, 0.25) is 10.0 Å². The minimum atomic E-state index is -3.85. The van der Waals surface area contributed by atoms with Gasteiger partial charge in [-0.25, -0.2) is 18.4 Å². The summed E-state index contributed by atoms with van der Waals surface area (Å²) in [4.78, 5) is 11.3. The van der Waals surface area contributed by atoms with Crippen LogP contribution in [0.2, 0.25) is 0 Å². The number of sulfonamides is 1. The van der Waals surface area contributed by atoms with E-state index in [1.54, 1.807) is 0 Å². The average Bonchev–Trinajstić information content (AvgIpc) is 2.61. The molecule has 0 aliphatic heterocycles. The first kappa shape index (κ1) is 12.2. The number of primary sulfonamides is 1. The highest BCUT2D eigenvalue weighted by Gasteiger charge is 2.21. The zero-order valence-corrected chi connectivity index (χ0v) is 9.73. The Labute approximate surface area is 91.9 Å². The normalized spacial score (nSPS) is 11.3. The van der Waals surface area contributed by atoms with Crippen molar-refractivity contribution in [1.82, 2.24) is 0 Å². The summed E-state index contributed by atoms with van der Waals surface area (Å²) in [5.74, 6) is -0.643. The molecular formula is C8H11NO4S2. The lowest BCUT2D eigenvalue weighted by molar-refractivity contribution is 0.0507. The number of carbonyl (C=O) groups is 1. The first-order valence-electron chi connectivity index (χ1n) is 4.24. The number of hydrogen-bond acceptors (Lipinski definition) is 5. The zero-order valence-electron chi connectivity index (χ0n) is 8.10. The molecule has 0 saturated carbocycles. The van der Waals surface area contributed by atoms with Crippen molar-refractivity contribution in [3.63, 3.8) is 0 Å². The smallest absolute Gasteiger partial charge is 0.349 e. The van der Waals surface area contributed by atoms with Gasteiger partial charge in [-0.1, -0.05) is 6.92 Å². The Morgan fingerprint density at radius 3 is 2.80 bits per heavy atom. The van der Waals surface area contributed by atoms with Crippen molar-refractivity contribution in [2.45, 2.75) is 18.2 Å². The van der Waals surface area contributed by atoms with Crippen molar-refractivity contribution in [1.29, 1.82) is 0 Å². The molecule has 0 amide bonds. The third-order valence-electron chi connectivity index (χ3n) is 1.56. The van der Waals surface area contributed by atoms with Crippen LogP contribution >= 0.6 is 11.3 Å². The molecule has 0 aliphatic rings. The van der Waals surface area contributed by atoms with Gasteiger partial charge >= 0.3 is 5.97 Å². The predicted octanol–water partition coefficient (Wildman–Crippen LogP) is 0.962. The molecule has 0 aliphatic carbocycles. The summed E-state index contributed by atoms with van der Waals surface area (Å²) in [7, 11) is -3.85. The quantitative estimate of drug-likeness (QED) is 0.805. The van der Waals surface area contributed by atoms with Gasteiger partial charge in [-0.3, -0.25) is 0 Å². The van der Waals surface area contributed by atoms with Gasteiger partial charge in [0, 0.05) is 0 Å². The number of nitrogens with two attached hydrogens (primary N) is 1. The number of hydrogen-bond donors (Lipinski definition) is 1. The molecule has 0 aromatic carbocycles. The standard InChI is InChI=1S/C8H11NO4S2/c1-2-4-13-8(10)7-6(3-5-14-7)15(9,11)12/h3,5H,2,4H2,1H3,(H2,9,11,12). The predicted molar refractivity (Wildman–Crippen MR) is 56.3 cm³/mol. The third-order valence-corrected chi connectivity index (χ3v) is 3.54. The molecule has 0 spiro atoms. The summed E-state index contributed by atoms with van der Waals surface area (Å²) < 4.78 is 27.0. The van der Waals surface area contributed by atoms with E-state index in [0.29, 0.717) is 6.42 Å². The fraction of sp³-hybridized carbons (Fsp3) is 0.375. The van der Waals surface area contributed by atoms with E-state index >= 15 is 0 Å². The van der Waals surface area contributed by atoms with Crippen LogP contribution in [0.25, 0.3) is 0 Å². The lowest BCUT2D eigenvalue weighted by Gasteiger charge is -2.02. The highest BCUT2D eigenvalue weighted by atomic mass is 32.2. The molecule has 0 radical (unpaired) electrons. The molecule has 84 valence electrons. The topological polar surface area (TPSA) is 86.5 Å². The van der Waals surface area contributed by atoms with Crippen LogP contribution in [0.5, 0.6) is 0 Å². The van der Waals surface area contributed by atoms with E-state index < -0.39 is 16.0 Å². The Morgan fingerprint density at radius 2 is 2.27 bits per heavy atom. The van der Waals surface area contributed by atoms with Crippen LogP contribution in [-0.4, -0.2) is 21.0 Å². The Morgan fingerprint density at radius 1 is 1.60 bits per heavy atom.